The second kappa shape index (κ2) is 7.84. The summed E-state index contributed by atoms with van der Waals surface area (Å²) in [5, 5.41) is 4.32. The fourth-order valence-electron chi connectivity index (χ4n) is 3.66. The monoisotopic (exact) mass is 327 g/mol. The van der Waals surface area contributed by atoms with Crippen molar-refractivity contribution in [3.63, 3.8) is 0 Å². The fraction of sp³-hybridized carbons (Fsp3) is 0.550. The van der Waals surface area contributed by atoms with Crippen LogP contribution in [-0.2, 0) is 18.3 Å². The zero-order valence-corrected chi connectivity index (χ0v) is 14.9. The minimum atomic E-state index is 0.160. The van der Waals surface area contributed by atoms with Crippen LogP contribution in [-0.4, -0.2) is 41.1 Å². The quantitative estimate of drug-likeness (QED) is 0.885. The van der Waals surface area contributed by atoms with Gasteiger partial charge in [0.15, 0.2) is 0 Å². The van der Waals surface area contributed by atoms with E-state index in [9.17, 15) is 4.79 Å². The molecule has 1 aromatic carbocycles. The van der Waals surface area contributed by atoms with Crippen molar-refractivity contribution in [1.29, 1.82) is 0 Å². The molecule has 24 heavy (non-hydrogen) atoms. The molecule has 1 aliphatic rings. The Kier molecular flexibility index (Phi) is 5.56. The minimum Gasteiger partial charge on any atom is -0.355 e. The number of carbonyl (C=O) groups excluding carboxylic acids is 1. The predicted octanol–water partition coefficient (Wildman–Crippen LogP) is 3.10. The summed E-state index contributed by atoms with van der Waals surface area (Å²) in [5.74, 6) is 0.160. The van der Waals surface area contributed by atoms with Crippen LogP contribution in [0.1, 0.15) is 38.2 Å². The van der Waals surface area contributed by atoms with E-state index in [2.05, 4.69) is 59.2 Å². The molecule has 0 saturated carbocycles. The molecule has 130 valence electrons. The maximum Gasteiger partial charge on any atom is 0.220 e. The Hall–Kier alpha value is -1.81. The summed E-state index contributed by atoms with van der Waals surface area (Å²) >= 11 is 0. The van der Waals surface area contributed by atoms with E-state index >= 15 is 0 Å². The summed E-state index contributed by atoms with van der Waals surface area (Å²) < 4.78 is 2.12. The van der Waals surface area contributed by atoms with E-state index in [-0.39, 0.29) is 5.91 Å². The number of nitrogens with one attached hydrogen (secondary N) is 1. The van der Waals surface area contributed by atoms with E-state index in [1.165, 1.54) is 42.3 Å². The highest BCUT2D eigenvalue weighted by Gasteiger charge is 2.17. The SMILES string of the molecule is CC1CCCCN1CCNC(=O)CCc1ccc2c(ccn2C)c1. The number of amides is 1. The maximum absolute atomic E-state index is 12.1. The highest BCUT2D eigenvalue weighted by molar-refractivity contribution is 5.81. The Morgan fingerprint density at radius 1 is 1.29 bits per heavy atom. The molecule has 1 fully saturated rings. The fourth-order valence-corrected chi connectivity index (χ4v) is 3.66. The number of hydrogen-bond acceptors (Lipinski definition) is 2. The molecule has 4 nitrogen and oxygen atoms in total. The minimum absolute atomic E-state index is 0.160. The molecule has 3 rings (SSSR count). The summed E-state index contributed by atoms with van der Waals surface area (Å²) in [4.78, 5) is 14.6. The van der Waals surface area contributed by atoms with Gasteiger partial charge in [0.1, 0.15) is 0 Å². The van der Waals surface area contributed by atoms with Crippen molar-refractivity contribution in [3.8, 4) is 0 Å². The maximum atomic E-state index is 12.1. The molecule has 1 N–H and O–H groups in total. The zero-order chi connectivity index (χ0) is 16.9. The Morgan fingerprint density at radius 3 is 3.00 bits per heavy atom. The van der Waals surface area contributed by atoms with E-state index in [4.69, 9.17) is 0 Å². The molecule has 1 amide bonds. The number of aryl methyl sites for hydroxylation is 2. The highest BCUT2D eigenvalue weighted by Crippen LogP contribution is 2.18. The van der Waals surface area contributed by atoms with Gasteiger partial charge < -0.3 is 9.88 Å². The van der Waals surface area contributed by atoms with Crippen LogP contribution in [0.3, 0.4) is 0 Å². The average molecular weight is 327 g/mol. The molecule has 1 aliphatic heterocycles. The first-order valence-electron chi connectivity index (χ1n) is 9.18. The molecule has 1 atom stereocenters. The summed E-state index contributed by atoms with van der Waals surface area (Å²) in [6.45, 7) is 5.21. The standard InChI is InChI=1S/C20H29N3O/c1-16-5-3-4-12-23(16)14-11-21-20(24)9-7-17-6-8-19-18(15-17)10-13-22(19)2/h6,8,10,13,15-16H,3-5,7,9,11-12,14H2,1-2H3,(H,21,24). The lowest BCUT2D eigenvalue weighted by molar-refractivity contribution is -0.121. The van der Waals surface area contributed by atoms with Gasteiger partial charge in [-0.25, -0.2) is 0 Å². The van der Waals surface area contributed by atoms with E-state index < -0.39 is 0 Å². The van der Waals surface area contributed by atoms with E-state index in [1.807, 2.05) is 0 Å². The van der Waals surface area contributed by atoms with E-state index in [1.54, 1.807) is 0 Å². The van der Waals surface area contributed by atoms with Gasteiger partial charge in [0.25, 0.3) is 0 Å². The summed E-state index contributed by atoms with van der Waals surface area (Å²) in [6, 6.07) is 9.25. The van der Waals surface area contributed by atoms with Crippen LogP contribution >= 0.6 is 0 Å². The van der Waals surface area contributed by atoms with Crippen LogP contribution in [0, 0.1) is 0 Å². The number of nitrogens with zero attached hydrogens (tertiary/aromatic N) is 2. The first kappa shape index (κ1) is 17.0. The number of hydrogen-bond donors (Lipinski definition) is 1. The van der Waals surface area contributed by atoms with E-state index in [0.717, 1.165) is 19.5 Å². The summed E-state index contributed by atoms with van der Waals surface area (Å²) in [7, 11) is 2.05. The lowest BCUT2D eigenvalue weighted by atomic mass is 10.0. The lowest BCUT2D eigenvalue weighted by Gasteiger charge is -2.33. The Morgan fingerprint density at radius 2 is 2.17 bits per heavy atom. The normalized spacial score (nSPS) is 18.8. The average Bonchev–Trinajstić information content (AvgIpc) is 2.95. The number of fused-ring (bicyclic) bond motifs is 1. The third-order valence-electron chi connectivity index (χ3n) is 5.25. The van der Waals surface area contributed by atoms with Gasteiger partial charge in [0, 0.05) is 44.3 Å². The number of benzene rings is 1. The van der Waals surface area contributed by atoms with Gasteiger partial charge in [0.2, 0.25) is 5.91 Å². The largest absolute Gasteiger partial charge is 0.355 e. The molecule has 4 heteroatoms. The third-order valence-corrected chi connectivity index (χ3v) is 5.25. The van der Waals surface area contributed by atoms with Crippen molar-refractivity contribution in [1.82, 2.24) is 14.8 Å². The second-order valence-electron chi connectivity index (χ2n) is 7.05. The summed E-state index contributed by atoms with van der Waals surface area (Å²) in [5.41, 5.74) is 2.47. The number of piperidine rings is 1. The zero-order valence-electron chi connectivity index (χ0n) is 14.9. The number of aromatic nitrogens is 1. The van der Waals surface area contributed by atoms with Crippen LogP contribution < -0.4 is 5.32 Å². The van der Waals surface area contributed by atoms with Crippen molar-refractivity contribution >= 4 is 16.8 Å². The molecular weight excluding hydrogens is 298 g/mol. The van der Waals surface area contributed by atoms with Gasteiger partial charge in [-0.2, -0.15) is 0 Å². The first-order valence-corrected chi connectivity index (χ1v) is 9.18. The van der Waals surface area contributed by atoms with Crippen LogP contribution in [0.25, 0.3) is 10.9 Å². The van der Waals surface area contributed by atoms with Gasteiger partial charge >= 0.3 is 0 Å². The smallest absolute Gasteiger partial charge is 0.220 e. The molecule has 0 bridgehead atoms. The van der Waals surface area contributed by atoms with Crippen LogP contribution in [0.15, 0.2) is 30.5 Å². The van der Waals surface area contributed by atoms with Gasteiger partial charge in [-0.1, -0.05) is 12.5 Å². The molecule has 0 aliphatic carbocycles. The van der Waals surface area contributed by atoms with Crippen LogP contribution in [0.4, 0.5) is 0 Å². The molecule has 1 unspecified atom stereocenters. The Balaban J connectivity index is 1.41. The van der Waals surface area contributed by atoms with Crippen molar-refractivity contribution in [3.05, 3.63) is 36.0 Å². The Labute approximate surface area is 144 Å². The van der Waals surface area contributed by atoms with Crippen molar-refractivity contribution < 1.29 is 4.79 Å². The molecule has 1 aromatic heterocycles. The molecule has 0 radical (unpaired) electrons. The van der Waals surface area contributed by atoms with Crippen molar-refractivity contribution in [2.24, 2.45) is 7.05 Å². The molecule has 2 aromatic rings. The highest BCUT2D eigenvalue weighted by atomic mass is 16.1. The molecule has 1 saturated heterocycles. The molecule has 2 heterocycles. The number of carbonyl (C=O) groups is 1. The molecular formula is C20H29N3O. The van der Waals surface area contributed by atoms with Crippen LogP contribution in [0.2, 0.25) is 0 Å². The molecule has 0 spiro atoms. The first-order chi connectivity index (χ1) is 11.6. The number of rotatable bonds is 6. The predicted molar refractivity (Wildman–Crippen MR) is 99.1 cm³/mol. The summed E-state index contributed by atoms with van der Waals surface area (Å²) in [6.07, 6.45) is 7.36. The second-order valence-corrected chi connectivity index (χ2v) is 7.05. The number of likely N-dealkylation sites (tertiary alicyclic amines) is 1. The van der Waals surface area contributed by atoms with E-state index in [0.29, 0.717) is 12.5 Å². The van der Waals surface area contributed by atoms with Gasteiger partial charge in [-0.3, -0.25) is 9.69 Å². The third kappa shape index (κ3) is 4.18. The van der Waals surface area contributed by atoms with Crippen molar-refractivity contribution in [2.75, 3.05) is 19.6 Å². The Bertz CT molecular complexity index is 691. The lowest BCUT2D eigenvalue weighted by Crippen LogP contribution is -2.42. The van der Waals surface area contributed by atoms with Gasteiger partial charge in [-0.05, 0) is 61.9 Å². The van der Waals surface area contributed by atoms with Crippen LogP contribution in [0.5, 0.6) is 0 Å². The van der Waals surface area contributed by atoms with Gasteiger partial charge in [-0.15, -0.1) is 0 Å². The topological polar surface area (TPSA) is 37.3 Å². The van der Waals surface area contributed by atoms with Gasteiger partial charge in [0.05, 0.1) is 0 Å². The van der Waals surface area contributed by atoms with Crippen molar-refractivity contribution in [2.45, 2.75) is 45.1 Å².